The summed E-state index contributed by atoms with van der Waals surface area (Å²) in [5.41, 5.74) is 3.06. The lowest BCUT2D eigenvalue weighted by Gasteiger charge is -2.32. The molecule has 7 heteroatoms. The third-order valence-corrected chi connectivity index (χ3v) is 6.55. The van der Waals surface area contributed by atoms with Gasteiger partial charge in [-0.3, -0.25) is 4.79 Å². The zero-order chi connectivity index (χ0) is 21.5. The van der Waals surface area contributed by atoms with E-state index >= 15 is 0 Å². The molecule has 1 fully saturated rings. The minimum atomic E-state index is -0.187. The van der Waals surface area contributed by atoms with Crippen molar-refractivity contribution in [1.29, 1.82) is 0 Å². The summed E-state index contributed by atoms with van der Waals surface area (Å²) in [6.45, 7) is 9.88. The van der Waals surface area contributed by atoms with Crippen LogP contribution < -0.4 is 15.5 Å². The van der Waals surface area contributed by atoms with Crippen LogP contribution in [0.15, 0.2) is 35.7 Å². The average molecular weight is 429 g/mol. The van der Waals surface area contributed by atoms with Crippen LogP contribution in [0, 0.1) is 12.8 Å². The van der Waals surface area contributed by atoms with E-state index in [1.54, 1.807) is 16.2 Å². The van der Waals surface area contributed by atoms with Crippen molar-refractivity contribution in [3.63, 3.8) is 0 Å². The van der Waals surface area contributed by atoms with Gasteiger partial charge in [0.2, 0.25) is 5.91 Å². The molecule has 1 unspecified atom stereocenters. The van der Waals surface area contributed by atoms with Crippen LogP contribution in [0.25, 0.3) is 0 Å². The number of benzene rings is 1. The zero-order valence-corrected chi connectivity index (χ0v) is 18.9. The molecule has 2 aromatic rings. The molecule has 1 aromatic heterocycles. The Balaban J connectivity index is 1.56. The number of urea groups is 1. The maximum atomic E-state index is 12.9. The van der Waals surface area contributed by atoms with Crippen molar-refractivity contribution in [3.05, 3.63) is 46.2 Å². The van der Waals surface area contributed by atoms with Gasteiger partial charge in [0.25, 0.3) is 0 Å². The Labute approximate surface area is 183 Å². The quantitative estimate of drug-likeness (QED) is 0.684. The van der Waals surface area contributed by atoms with E-state index in [0.717, 1.165) is 42.1 Å². The lowest BCUT2D eigenvalue weighted by atomic mass is 9.97. The molecule has 0 radical (unpaired) electrons. The van der Waals surface area contributed by atoms with Crippen LogP contribution >= 0.6 is 11.3 Å². The predicted molar refractivity (Wildman–Crippen MR) is 124 cm³/mol. The van der Waals surface area contributed by atoms with Crippen molar-refractivity contribution in [1.82, 2.24) is 10.2 Å². The third-order valence-electron chi connectivity index (χ3n) is 5.67. The number of amides is 3. The summed E-state index contributed by atoms with van der Waals surface area (Å²) in [7, 11) is 0. The number of carbonyl (C=O) groups excluding carboxylic acids is 2. The highest BCUT2D eigenvalue weighted by Gasteiger charge is 2.28. The Kier molecular flexibility index (Phi) is 7.74. The van der Waals surface area contributed by atoms with Gasteiger partial charge in [0.15, 0.2) is 0 Å². The van der Waals surface area contributed by atoms with E-state index in [1.165, 1.54) is 5.69 Å². The number of piperidine rings is 1. The summed E-state index contributed by atoms with van der Waals surface area (Å²) >= 11 is 1.62. The van der Waals surface area contributed by atoms with Crippen LogP contribution in [-0.4, -0.2) is 43.0 Å². The number of hydrogen-bond donors (Lipinski definition) is 2. The lowest BCUT2D eigenvalue weighted by Crippen LogP contribution is -2.47. The molecule has 2 N–H and O–H groups in total. The van der Waals surface area contributed by atoms with E-state index in [1.807, 2.05) is 30.5 Å². The maximum Gasteiger partial charge on any atom is 0.317 e. The normalized spacial score (nSPS) is 16.2. The highest BCUT2D eigenvalue weighted by atomic mass is 32.1. The number of thiophene rings is 1. The Morgan fingerprint density at radius 1 is 1.23 bits per heavy atom. The Morgan fingerprint density at radius 3 is 2.70 bits per heavy atom. The number of aryl methyl sites for hydroxylation is 1. The fraction of sp³-hybridized carbons (Fsp3) is 0.478. The fourth-order valence-corrected chi connectivity index (χ4v) is 4.52. The summed E-state index contributed by atoms with van der Waals surface area (Å²) in [6.07, 6.45) is 1.64. The molecule has 0 aliphatic carbocycles. The molecule has 0 saturated carbocycles. The number of anilines is 2. The third kappa shape index (κ3) is 5.53. The molecule has 2 heterocycles. The van der Waals surface area contributed by atoms with Gasteiger partial charge in [-0.25, -0.2) is 4.79 Å². The van der Waals surface area contributed by atoms with Gasteiger partial charge >= 0.3 is 6.03 Å². The molecule has 162 valence electrons. The molecule has 1 atom stereocenters. The summed E-state index contributed by atoms with van der Waals surface area (Å²) in [4.78, 5) is 30.6. The fourth-order valence-electron chi connectivity index (χ4n) is 3.87. The van der Waals surface area contributed by atoms with Crippen LogP contribution in [0.1, 0.15) is 37.1 Å². The van der Waals surface area contributed by atoms with Crippen molar-refractivity contribution < 1.29 is 9.59 Å². The molecule has 0 spiro atoms. The summed E-state index contributed by atoms with van der Waals surface area (Å²) < 4.78 is 0. The van der Waals surface area contributed by atoms with Crippen molar-refractivity contribution in [3.8, 4) is 0 Å². The van der Waals surface area contributed by atoms with Crippen LogP contribution in [0.4, 0.5) is 16.2 Å². The molecule has 6 nitrogen and oxygen atoms in total. The van der Waals surface area contributed by atoms with Gasteiger partial charge in [-0.2, -0.15) is 0 Å². The molecule has 1 aliphatic heterocycles. The molecule has 3 rings (SSSR count). The second-order valence-corrected chi connectivity index (χ2v) is 8.72. The molecule has 1 aromatic carbocycles. The van der Waals surface area contributed by atoms with Gasteiger partial charge in [0.1, 0.15) is 0 Å². The lowest BCUT2D eigenvalue weighted by molar-refractivity contribution is -0.121. The Bertz CT molecular complexity index is 849. The van der Waals surface area contributed by atoms with Crippen LogP contribution in [-0.2, 0) is 11.3 Å². The van der Waals surface area contributed by atoms with Gasteiger partial charge in [-0.15, -0.1) is 11.3 Å². The molecule has 1 saturated heterocycles. The van der Waals surface area contributed by atoms with Crippen LogP contribution in [0.3, 0.4) is 0 Å². The monoisotopic (exact) mass is 428 g/mol. The van der Waals surface area contributed by atoms with E-state index in [9.17, 15) is 9.59 Å². The number of nitrogens with zero attached hydrogens (tertiary/aromatic N) is 2. The first-order valence-corrected chi connectivity index (χ1v) is 11.6. The predicted octanol–water partition coefficient (Wildman–Crippen LogP) is 4.46. The summed E-state index contributed by atoms with van der Waals surface area (Å²) in [6, 6.07) is 10.0. The Hall–Kier alpha value is -2.54. The first-order valence-electron chi connectivity index (χ1n) is 10.7. The summed E-state index contributed by atoms with van der Waals surface area (Å²) in [5.74, 6) is -0.197. The average Bonchev–Trinajstić information content (AvgIpc) is 3.28. The van der Waals surface area contributed by atoms with Gasteiger partial charge in [-0.1, -0.05) is 6.07 Å². The Morgan fingerprint density at radius 2 is 2.03 bits per heavy atom. The molecule has 0 bridgehead atoms. The smallest absolute Gasteiger partial charge is 0.317 e. The number of carbonyl (C=O) groups is 2. The first kappa shape index (κ1) is 22.2. The second kappa shape index (κ2) is 10.5. The highest BCUT2D eigenvalue weighted by Crippen LogP contribution is 2.25. The van der Waals surface area contributed by atoms with Gasteiger partial charge in [0, 0.05) is 42.4 Å². The number of hydrogen-bond acceptors (Lipinski definition) is 4. The largest absolute Gasteiger partial charge is 0.372 e. The minimum Gasteiger partial charge on any atom is -0.372 e. The van der Waals surface area contributed by atoms with Gasteiger partial charge in [-0.05, 0) is 68.8 Å². The van der Waals surface area contributed by atoms with Gasteiger partial charge in [0.05, 0.1) is 12.5 Å². The number of rotatable bonds is 7. The first-order chi connectivity index (χ1) is 14.5. The maximum absolute atomic E-state index is 12.9. The van der Waals surface area contributed by atoms with E-state index < -0.39 is 0 Å². The van der Waals surface area contributed by atoms with Crippen molar-refractivity contribution in [2.75, 3.05) is 36.4 Å². The summed E-state index contributed by atoms with van der Waals surface area (Å²) in [5, 5.41) is 8.04. The van der Waals surface area contributed by atoms with Crippen molar-refractivity contribution in [2.24, 2.45) is 5.92 Å². The minimum absolute atomic E-state index is 0.00977. The van der Waals surface area contributed by atoms with E-state index in [2.05, 4.69) is 41.5 Å². The molecular formula is C23H32N4O2S. The zero-order valence-electron chi connectivity index (χ0n) is 18.1. The van der Waals surface area contributed by atoms with E-state index in [0.29, 0.717) is 19.6 Å². The molecule has 3 amide bonds. The van der Waals surface area contributed by atoms with Crippen LogP contribution in [0.5, 0.6) is 0 Å². The molecular weight excluding hydrogens is 396 g/mol. The molecule has 1 aliphatic rings. The van der Waals surface area contributed by atoms with E-state index in [4.69, 9.17) is 0 Å². The molecule has 30 heavy (non-hydrogen) atoms. The van der Waals surface area contributed by atoms with Crippen LogP contribution in [0.2, 0.25) is 0 Å². The SMILES string of the molecule is CCN(CC)c1ccc(NC(=O)C2CCCN(C(=O)NCc3cccs3)C2)c(C)c1. The number of likely N-dealkylation sites (tertiary alicyclic amines) is 1. The van der Waals surface area contributed by atoms with Gasteiger partial charge < -0.3 is 20.4 Å². The highest BCUT2D eigenvalue weighted by molar-refractivity contribution is 7.09. The van der Waals surface area contributed by atoms with Crippen molar-refractivity contribution >= 4 is 34.6 Å². The topological polar surface area (TPSA) is 64.7 Å². The second-order valence-electron chi connectivity index (χ2n) is 7.68. The number of nitrogens with one attached hydrogen (secondary N) is 2. The van der Waals surface area contributed by atoms with Crippen molar-refractivity contribution in [2.45, 2.75) is 40.2 Å². The standard InChI is InChI=1S/C23H32N4O2S/c1-4-26(5-2)19-10-11-21(17(3)14-19)25-22(28)18-8-6-12-27(16-18)23(29)24-15-20-9-7-13-30-20/h7,9-11,13-14,18H,4-6,8,12,15-16H2,1-3H3,(H,24,29)(H,25,28). The van der Waals surface area contributed by atoms with E-state index in [-0.39, 0.29) is 17.9 Å².